The molecule has 31 heavy (non-hydrogen) atoms. The van der Waals surface area contributed by atoms with Crippen LogP contribution in [-0.2, 0) is 6.42 Å². The summed E-state index contributed by atoms with van der Waals surface area (Å²) in [5, 5.41) is 21.7. The van der Waals surface area contributed by atoms with Crippen molar-refractivity contribution in [3.63, 3.8) is 0 Å². The van der Waals surface area contributed by atoms with Gasteiger partial charge in [0.1, 0.15) is 5.82 Å². The van der Waals surface area contributed by atoms with Gasteiger partial charge >= 0.3 is 29.6 Å². The van der Waals surface area contributed by atoms with Crippen LogP contribution < -0.4 is 40.1 Å². The number of hydrogen-bond donors (Lipinski definition) is 1. The van der Waals surface area contributed by atoms with E-state index in [0.29, 0.717) is 16.6 Å². The number of hydrogen-bond acceptors (Lipinski definition) is 4. The van der Waals surface area contributed by atoms with E-state index in [0.717, 1.165) is 0 Å². The molecule has 1 heterocycles. The van der Waals surface area contributed by atoms with Crippen LogP contribution in [0.1, 0.15) is 48.3 Å². The fraction of sp³-hybridized carbons (Fsp3) is 0.304. The van der Waals surface area contributed by atoms with E-state index in [4.69, 9.17) is 11.6 Å². The number of aliphatic hydroxyl groups is 1. The molecule has 2 aromatic carbocycles. The number of aromatic nitrogens is 1. The fourth-order valence-corrected chi connectivity index (χ4v) is 3.79. The van der Waals surface area contributed by atoms with E-state index < -0.39 is 34.2 Å². The molecule has 1 atom stereocenters. The summed E-state index contributed by atoms with van der Waals surface area (Å²) >= 11 is 5.85. The molecule has 3 aromatic rings. The SMILES string of the molecule is CC(C)(C)[C@@H](CO)n1cc(C(=O)[O-])c(=O)c2cc(Cc3cccc(Cl)c3F)ccc21.[Na+]. The van der Waals surface area contributed by atoms with Crippen molar-refractivity contribution >= 4 is 28.5 Å². The molecule has 0 aliphatic heterocycles. The van der Waals surface area contributed by atoms with Crippen LogP contribution in [0.5, 0.6) is 0 Å². The van der Waals surface area contributed by atoms with Crippen molar-refractivity contribution in [2.24, 2.45) is 5.41 Å². The van der Waals surface area contributed by atoms with E-state index >= 15 is 0 Å². The summed E-state index contributed by atoms with van der Waals surface area (Å²) in [6.07, 6.45) is 1.41. The van der Waals surface area contributed by atoms with Crippen molar-refractivity contribution in [3.8, 4) is 0 Å². The first-order chi connectivity index (χ1) is 14.0. The molecule has 0 radical (unpaired) electrons. The predicted molar refractivity (Wildman–Crippen MR) is 112 cm³/mol. The maximum Gasteiger partial charge on any atom is 1.00 e. The number of pyridine rings is 1. The summed E-state index contributed by atoms with van der Waals surface area (Å²) < 4.78 is 15.9. The van der Waals surface area contributed by atoms with Gasteiger partial charge in [0.15, 0.2) is 5.43 Å². The van der Waals surface area contributed by atoms with Gasteiger partial charge in [-0.05, 0) is 34.7 Å². The zero-order valence-corrected chi connectivity index (χ0v) is 20.7. The van der Waals surface area contributed by atoms with E-state index in [-0.39, 0.29) is 53.0 Å². The number of halogens is 2. The van der Waals surface area contributed by atoms with E-state index in [1.807, 2.05) is 20.8 Å². The van der Waals surface area contributed by atoms with Gasteiger partial charge in [-0.2, -0.15) is 0 Å². The number of aliphatic hydroxyl groups excluding tert-OH is 1. The van der Waals surface area contributed by atoms with Gasteiger partial charge in [0.25, 0.3) is 0 Å². The van der Waals surface area contributed by atoms with Crippen molar-refractivity contribution < 1.29 is 49.0 Å². The van der Waals surface area contributed by atoms with Crippen LogP contribution >= 0.6 is 11.6 Å². The number of benzene rings is 2. The first-order valence-electron chi connectivity index (χ1n) is 9.47. The zero-order chi connectivity index (χ0) is 22.2. The van der Waals surface area contributed by atoms with E-state index in [1.165, 1.54) is 12.3 Å². The summed E-state index contributed by atoms with van der Waals surface area (Å²) in [7, 11) is 0. The number of carbonyl (C=O) groups excluding carboxylic acids is 1. The molecule has 158 valence electrons. The minimum atomic E-state index is -1.59. The third-order valence-electron chi connectivity index (χ3n) is 5.25. The second kappa shape index (κ2) is 9.84. The summed E-state index contributed by atoms with van der Waals surface area (Å²) in [5.74, 6) is -2.12. The maximum atomic E-state index is 14.3. The summed E-state index contributed by atoms with van der Waals surface area (Å²) in [6.45, 7) is 5.48. The molecule has 0 bridgehead atoms. The Labute approximate surface area is 206 Å². The van der Waals surface area contributed by atoms with Gasteiger partial charge in [0.2, 0.25) is 0 Å². The largest absolute Gasteiger partial charge is 1.00 e. The molecule has 0 saturated heterocycles. The molecule has 0 spiro atoms. The van der Waals surface area contributed by atoms with Crippen LogP contribution in [0.2, 0.25) is 5.02 Å². The molecule has 0 aliphatic carbocycles. The number of rotatable bonds is 5. The first kappa shape index (κ1) is 25.6. The predicted octanol–water partition coefficient (Wildman–Crippen LogP) is 0.332. The minimum absolute atomic E-state index is 0. The number of carboxylic acid groups (broad SMARTS) is 1. The minimum Gasteiger partial charge on any atom is -0.545 e. The molecule has 3 rings (SSSR count). The van der Waals surface area contributed by atoms with Gasteiger partial charge in [0.05, 0.1) is 34.7 Å². The van der Waals surface area contributed by atoms with Crippen molar-refractivity contribution in [3.05, 3.63) is 80.3 Å². The summed E-state index contributed by atoms with van der Waals surface area (Å²) in [5.41, 5.74) is -0.117. The fourth-order valence-electron chi connectivity index (χ4n) is 3.60. The van der Waals surface area contributed by atoms with Crippen LogP contribution in [-0.4, -0.2) is 22.2 Å². The van der Waals surface area contributed by atoms with Gasteiger partial charge in [-0.25, -0.2) is 4.39 Å². The average molecular weight is 454 g/mol. The van der Waals surface area contributed by atoms with Gasteiger partial charge in [-0.15, -0.1) is 0 Å². The molecule has 8 heteroatoms. The molecular formula is C23H22ClFNNaO4. The van der Waals surface area contributed by atoms with E-state index in [2.05, 4.69) is 0 Å². The molecule has 0 unspecified atom stereocenters. The van der Waals surface area contributed by atoms with Crippen LogP contribution in [0.25, 0.3) is 10.9 Å². The second-order valence-electron chi connectivity index (χ2n) is 8.37. The topological polar surface area (TPSA) is 82.4 Å². The quantitative estimate of drug-likeness (QED) is 0.565. The van der Waals surface area contributed by atoms with Gasteiger partial charge in [-0.3, -0.25) is 4.79 Å². The van der Waals surface area contributed by atoms with Crippen molar-refractivity contribution in [1.29, 1.82) is 0 Å². The van der Waals surface area contributed by atoms with E-state index in [9.17, 15) is 24.2 Å². The molecule has 1 aromatic heterocycles. The third-order valence-corrected chi connectivity index (χ3v) is 5.54. The molecule has 0 saturated carbocycles. The molecular weight excluding hydrogens is 432 g/mol. The van der Waals surface area contributed by atoms with E-state index in [1.54, 1.807) is 34.9 Å². The maximum absolute atomic E-state index is 14.3. The Hall–Kier alpha value is -1.70. The third kappa shape index (κ3) is 5.21. The Morgan fingerprint density at radius 3 is 2.52 bits per heavy atom. The Bertz CT molecular complexity index is 1190. The van der Waals surface area contributed by atoms with Gasteiger partial charge in [-0.1, -0.05) is 50.6 Å². The summed E-state index contributed by atoms with van der Waals surface area (Å²) in [6, 6.07) is 9.19. The molecule has 0 fully saturated rings. The Balaban J connectivity index is 0.00000341. The Morgan fingerprint density at radius 2 is 1.94 bits per heavy atom. The van der Waals surface area contributed by atoms with Crippen LogP contribution in [0.15, 0.2) is 47.4 Å². The van der Waals surface area contributed by atoms with Crippen LogP contribution in [0, 0.1) is 11.2 Å². The first-order valence-corrected chi connectivity index (χ1v) is 9.85. The van der Waals surface area contributed by atoms with Crippen molar-refractivity contribution in [1.82, 2.24) is 4.57 Å². The summed E-state index contributed by atoms with van der Waals surface area (Å²) in [4.78, 5) is 24.4. The van der Waals surface area contributed by atoms with Crippen molar-refractivity contribution in [2.45, 2.75) is 33.2 Å². The van der Waals surface area contributed by atoms with Crippen LogP contribution in [0.3, 0.4) is 0 Å². The number of nitrogens with zero attached hydrogens (tertiary/aromatic N) is 1. The number of aromatic carboxylic acids is 1. The van der Waals surface area contributed by atoms with Crippen molar-refractivity contribution in [2.75, 3.05) is 6.61 Å². The molecule has 0 amide bonds. The number of carboxylic acids is 1. The monoisotopic (exact) mass is 453 g/mol. The Kier molecular flexibility index (Phi) is 8.11. The van der Waals surface area contributed by atoms with Gasteiger partial charge < -0.3 is 19.6 Å². The standard InChI is InChI=1S/C23H23ClFNO4.Na/c1-23(2,3)19(12-27)26-11-16(22(29)30)21(28)15-10-13(7-8-18(15)26)9-14-5-4-6-17(24)20(14)25;/h4-8,10-11,19,27H,9,12H2,1-3H3,(H,29,30);/q;+1/p-1/t19-;/m1./s1. The Morgan fingerprint density at radius 1 is 1.26 bits per heavy atom. The smallest absolute Gasteiger partial charge is 0.545 e. The molecule has 1 N–H and O–H groups in total. The molecule has 0 aliphatic rings. The number of carbonyl (C=O) groups is 1. The normalized spacial score (nSPS) is 12.5. The number of fused-ring (bicyclic) bond motifs is 1. The molecule has 5 nitrogen and oxygen atoms in total. The average Bonchev–Trinajstić information content (AvgIpc) is 2.66. The van der Waals surface area contributed by atoms with Gasteiger partial charge in [0, 0.05) is 18.0 Å². The van der Waals surface area contributed by atoms with Crippen LogP contribution in [0.4, 0.5) is 4.39 Å². The second-order valence-corrected chi connectivity index (χ2v) is 8.78. The zero-order valence-electron chi connectivity index (χ0n) is 17.9.